The van der Waals surface area contributed by atoms with Crippen LogP contribution in [0.2, 0.25) is 0 Å². The lowest BCUT2D eigenvalue weighted by molar-refractivity contribution is -0.150. The van der Waals surface area contributed by atoms with Gasteiger partial charge in [-0.1, -0.05) is 0 Å². The zero-order valence-corrected chi connectivity index (χ0v) is 10.1. The molecule has 4 nitrogen and oxygen atoms in total. The number of carbonyl (C=O) groups is 1. The van der Waals surface area contributed by atoms with Gasteiger partial charge in [0, 0.05) is 6.54 Å². The Morgan fingerprint density at radius 1 is 1.47 bits per heavy atom. The molecule has 0 N–H and O–H groups in total. The summed E-state index contributed by atoms with van der Waals surface area (Å²) >= 11 is 0. The van der Waals surface area contributed by atoms with Gasteiger partial charge in [-0.2, -0.15) is 0 Å². The van der Waals surface area contributed by atoms with Crippen molar-refractivity contribution in [2.75, 3.05) is 20.4 Å². The number of carbonyl (C=O) groups excluding carboxylic acids is 1. The summed E-state index contributed by atoms with van der Waals surface area (Å²) in [5.74, 6) is -0.148. The Labute approximate surface area is 91.5 Å². The molecule has 0 spiro atoms. The molecule has 0 aromatic carbocycles. The number of likely N-dealkylation sites (tertiary alicyclic amines) is 1. The molecule has 1 saturated heterocycles. The van der Waals surface area contributed by atoms with Crippen LogP contribution in [0.4, 0.5) is 0 Å². The first-order valence-electron chi connectivity index (χ1n) is 5.40. The summed E-state index contributed by atoms with van der Waals surface area (Å²) < 4.78 is 10.4. The molecule has 0 saturated carbocycles. The number of nitrogens with zero attached hydrogens (tertiary/aromatic N) is 1. The minimum atomic E-state index is -0.163. The zero-order valence-electron chi connectivity index (χ0n) is 10.1. The van der Waals surface area contributed by atoms with Gasteiger partial charge in [0.05, 0.1) is 12.7 Å². The van der Waals surface area contributed by atoms with Crippen LogP contribution < -0.4 is 0 Å². The number of hydrogen-bond acceptors (Lipinski definition) is 4. The van der Waals surface area contributed by atoms with Crippen molar-refractivity contribution in [1.29, 1.82) is 0 Å². The van der Waals surface area contributed by atoms with Crippen LogP contribution in [0.3, 0.4) is 0 Å². The molecular formula is C11H21NO3. The standard InChI is InChI=1S/C11H21NO3/c1-11(2,3)15-8-12-7-5-6-9(12)10(13)14-4/h9H,5-8H2,1-4H3/t9-/m0/s1. The van der Waals surface area contributed by atoms with Crippen molar-refractivity contribution in [1.82, 2.24) is 4.90 Å². The van der Waals surface area contributed by atoms with Gasteiger partial charge in [-0.3, -0.25) is 9.69 Å². The van der Waals surface area contributed by atoms with E-state index < -0.39 is 0 Å². The first-order chi connectivity index (χ1) is 6.94. The Balaban J connectivity index is 2.43. The van der Waals surface area contributed by atoms with Crippen LogP contribution in [0.25, 0.3) is 0 Å². The second-order valence-electron chi connectivity index (χ2n) is 4.88. The average Bonchev–Trinajstić information content (AvgIpc) is 2.60. The quantitative estimate of drug-likeness (QED) is 0.667. The van der Waals surface area contributed by atoms with Crippen molar-refractivity contribution < 1.29 is 14.3 Å². The summed E-state index contributed by atoms with van der Waals surface area (Å²) in [7, 11) is 1.43. The fraction of sp³-hybridized carbons (Fsp3) is 0.909. The molecule has 0 bridgehead atoms. The average molecular weight is 215 g/mol. The van der Waals surface area contributed by atoms with E-state index in [9.17, 15) is 4.79 Å². The number of ether oxygens (including phenoxy) is 2. The molecule has 1 aliphatic heterocycles. The van der Waals surface area contributed by atoms with Gasteiger partial charge < -0.3 is 9.47 Å². The van der Waals surface area contributed by atoms with E-state index in [-0.39, 0.29) is 17.6 Å². The third kappa shape index (κ3) is 3.80. The molecule has 1 aliphatic rings. The van der Waals surface area contributed by atoms with E-state index >= 15 is 0 Å². The van der Waals surface area contributed by atoms with Crippen molar-refractivity contribution in [3.05, 3.63) is 0 Å². The van der Waals surface area contributed by atoms with Gasteiger partial charge in [-0.05, 0) is 33.6 Å². The Morgan fingerprint density at radius 2 is 2.13 bits per heavy atom. The minimum Gasteiger partial charge on any atom is -0.468 e. The highest BCUT2D eigenvalue weighted by atomic mass is 16.5. The number of hydrogen-bond donors (Lipinski definition) is 0. The van der Waals surface area contributed by atoms with Crippen LogP contribution in [0.5, 0.6) is 0 Å². The van der Waals surface area contributed by atoms with Crippen molar-refractivity contribution >= 4 is 5.97 Å². The van der Waals surface area contributed by atoms with Crippen molar-refractivity contribution in [3.63, 3.8) is 0 Å². The van der Waals surface area contributed by atoms with Crippen molar-refractivity contribution in [2.45, 2.75) is 45.3 Å². The summed E-state index contributed by atoms with van der Waals surface area (Å²) in [6.07, 6.45) is 1.91. The van der Waals surface area contributed by atoms with Gasteiger partial charge in [0.2, 0.25) is 0 Å². The SMILES string of the molecule is COC(=O)[C@@H]1CCCN1COC(C)(C)C. The Bertz CT molecular complexity index is 222. The lowest BCUT2D eigenvalue weighted by Gasteiger charge is -2.27. The van der Waals surface area contributed by atoms with Gasteiger partial charge >= 0.3 is 5.97 Å². The minimum absolute atomic E-state index is 0.114. The van der Waals surface area contributed by atoms with E-state index in [4.69, 9.17) is 9.47 Å². The first-order valence-corrected chi connectivity index (χ1v) is 5.40. The summed E-state index contributed by atoms with van der Waals surface area (Å²) in [4.78, 5) is 13.5. The second kappa shape index (κ2) is 4.94. The molecule has 15 heavy (non-hydrogen) atoms. The van der Waals surface area contributed by atoms with Gasteiger partial charge in [0.25, 0.3) is 0 Å². The Hall–Kier alpha value is -0.610. The van der Waals surface area contributed by atoms with Crippen LogP contribution in [0.15, 0.2) is 0 Å². The summed E-state index contributed by atoms with van der Waals surface area (Å²) in [5.41, 5.74) is -0.163. The van der Waals surface area contributed by atoms with E-state index in [2.05, 4.69) is 0 Å². The molecule has 0 amide bonds. The smallest absolute Gasteiger partial charge is 0.323 e. The molecule has 0 radical (unpaired) electrons. The Morgan fingerprint density at radius 3 is 2.67 bits per heavy atom. The summed E-state index contributed by atoms with van der Waals surface area (Å²) in [6, 6.07) is -0.114. The largest absolute Gasteiger partial charge is 0.468 e. The van der Waals surface area contributed by atoms with Gasteiger partial charge in [-0.15, -0.1) is 0 Å². The first kappa shape index (κ1) is 12.5. The maximum atomic E-state index is 11.4. The summed E-state index contributed by atoms with van der Waals surface area (Å²) in [5, 5.41) is 0. The molecule has 0 aliphatic carbocycles. The highest BCUT2D eigenvalue weighted by molar-refractivity contribution is 5.75. The Kier molecular flexibility index (Phi) is 4.11. The van der Waals surface area contributed by atoms with Crippen LogP contribution in [-0.4, -0.2) is 42.9 Å². The number of esters is 1. The lowest BCUT2D eigenvalue weighted by Crippen LogP contribution is -2.40. The third-order valence-electron chi connectivity index (χ3n) is 2.50. The molecule has 88 valence electrons. The van der Waals surface area contributed by atoms with Crippen molar-refractivity contribution in [2.24, 2.45) is 0 Å². The van der Waals surface area contributed by atoms with Gasteiger partial charge in [0.15, 0.2) is 0 Å². The molecule has 1 rings (SSSR count). The van der Waals surface area contributed by atoms with Crippen LogP contribution in [0, 0.1) is 0 Å². The number of rotatable bonds is 3. The van der Waals surface area contributed by atoms with E-state index in [1.54, 1.807) is 0 Å². The predicted octanol–water partition coefficient (Wildman–Crippen LogP) is 1.40. The highest BCUT2D eigenvalue weighted by Crippen LogP contribution is 2.19. The zero-order chi connectivity index (χ0) is 11.5. The van der Waals surface area contributed by atoms with E-state index in [1.807, 2.05) is 25.7 Å². The highest BCUT2D eigenvalue weighted by Gasteiger charge is 2.32. The second-order valence-corrected chi connectivity index (χ2v) is 4.88. The van der Waals surface area contributed by atoms with E-state index in [0.717, 1.165) is 19.4 Å². The van der Waals surface area contributed by atoms with E-state index in [0.29, 0.717) is 6.73 Å². The molecule has 1 atom stereocenters. The third-order valence-corrected chi connectivity index (χ3v) is 2.50. The van der Waals surface area contributed by atoms with Gasteiger partial charge in [0.1, 0.15) is 12.8 Å². The molecule has 0 unspecified atom stereocenters. The molecule has 1 fully saturated rings. The maximum Gasteiger partial charge on any atom is 0.323 e. The van der Waals surface area contributed by atoms with Crippen molar-refractivity contribution in [3.8, 4) is 0 Å². The van der Waals surface area contributed by atoms with Gasteiger partial charge in [-0.25, -0.2) is 0 Å². The molecule has 4 heteroatoms. The number of methoxy groups -OCH3 is 1. The summed E-state index contributed by atoms with van der Waals surface area (Å²) in [6.45, 7) is 7.45. The van der Waals surface area contributed by atoms with Crippen LogP contribution in [0.1, 0.15) is 33.6 Å². The van der Waals surface area contributed by atoms with Crippen LogP contribution in [-0.2, 0) is 14.3 Å². The fourth-order valence-corrected chi connectivity index (χ4v) is 1.66. The molecule has 1 heterocycles. The molecule has 0 aromatic heterocycles. The normalized spacial score (nSPS) is 23.1. The fourth-order valence-electron chi connectivity index (χ4n) is 1.66. The molecular weight excluding hydrogens is 194 g/mol. The topological polar surface area (TPSA) is 38.8 Å². The monoisotopic (exact) mass is 215 g/mol. The predicted molar refractivity (Wildman–Crippen MR) is 57.4 cm³/mol. The van der Waals surface area contributed by atoms with E-state index in [1.165, 1.54) is 7.11 Å². The molecule has 0 aromatic rings. The van der Waals surface area contributed by atoms with Crippen LogP contribution >= 0.6 is 0 Å². The lowest BCUT2D eigenvalue weighted by atomic mass is 10.2. The maximum absolute atomic E-state index is 11.4.